The summed E-state index contributed by atoms with van der Waals surface area (Å²) in [7, 11) is 1.28. The highest BCUT2D eigenvalue weighted by atomic mass is 19.1. The minimum atomic E-state index is -0.448. The van der Waals surface area contributed by atoms with Crippen molar-refractivity contribution in [3.05, 3.63) is 34.9 Å². The van der Waals surface area contributed by atoms with Gasteiger partial charge in [-0.1, -0.05) is 0 Å². The number of carbonyl (C=O) groups excluding carboxylic acids is 1. The molecular formula is C11H10F2O2. The van der Waals surface area contributed by atoms with Gasteiger partial charge in [0.2, 0.25) is 0 Å². The molecule has 0 aliphatic heterocycles. The molecule has 0 spiro atoms. The van der Waals surface area contributed by atoms with Crippen LogP contribution in [0.25, 0.3) is 0 Å². The third-order valence-electron chi connectivity index (χ3n) is 2.75. The number of benzene rings is 1. The van der Waals surface area contributed by atoms with Crippen LogP contribution in [0.4, 0.5) is 8.78 Å². The van der Waals surface area contributed by atoms with Crippen LogP contribution >= 0.6 is 0 Å². The number of carbonyl (C=O) groups is 1. The van der Waals surface area contributed by atoms with Crippen molar-refractivity contribution in [2.24, 2.45) is 5.92 Å². The van der Waals surface area contributed by atoms with Crippen LogP contribution in [0.15, 0.2) is 12.1 Å². The fourth-order valence-corrected chi connectivity index (χ4v) is 1.98. The highest BCUT2D eigenvalue weighted by Crippen LogP contribution is 2.31. The smallest absolute Gasteiger partial charge is 0.309 e. The molecule has 0 N–H and O–H groups in total. The number of hydrogen-bond acceptors (Lipinski definition) is 2. The van der Waals surface area contributed by atoms with Crippen molar-refractivity contribution in [1.82, 2.24) is 0 Å². The van der Waals surface area contributed by atoms with Gasteiger partial charge >= 0.3 is 5.97 Å². The van der Waals surface area contributed by atoms with Crippen LogP contribution < -0.4 is 0 Å². The van der Waals surface area contributed by atoms with Gasteiger partial charge in [0, 0.05) is 0 Å². The zero-order valence-electron chi connectivity index (χ0n) is 8.22. The van der Waals surface area contributed by atoms with Gasteiger partial charge in [0.25, 0.3) is 0 Å². The van der Waals surface area contributed by atoms with Gasteiger partial charge in [0.15, 0.2) is 0 Å². The minimum Gasteiger partial charge on any atom is -0.469 e. The van der Waals surface area contributed by atoms with E-state index >= 15 is 0 Å². The monoisotopic (exact) mass is 212 g/mol. The van der Waals surface area contributed by atoms with Crippen molar-refractivity contribution in [3.8, 4) is 0 Å². The van der Waals surface area contributed by atoms with Crippen LogP contribution in [0.1, 0.15) is 11.1 Å². The number of methoxy groups -OCH3 is 1. The molecule has 0 saturated heterocycles. The number of fused-ring (bicyclic) bond motifs is 1. The molecule has 80 valence electrons. The van der Waals surface area contributed by atoms with Crippen molar-refractivity contribution in [1.29, 1.82) is 0 Å². The van der Waals surface area contributed by atoms with E-state index in [1.165, 1.54) is 7.11 Å². The lowest BCUT2D eigenvalue weighted by Gasteiger charge is -2.04. The average molecular weight is 212 g/mol. The first-order valence-corrected chi connectivity index (χ1v) is 4.67. The molecule has 0 radical (unpaired) electrons. The molecule has 1 aromatic rings. The second-order valence-corrected chi connectivity index (χ2v) is 3.61. The zero-order chi connectivity index (χ0) is 11.0. The van der Waals surface area contributed by atoms with Crippen LogP contribution in [0.3, 0.4) is 0 Å². The molecule has 1 aliphatic rings. The Morgan fingerprint density at radius 2 is 1.73 bits per heavy atom. The Kier molecular flexibility index (Phi) is 2.42. The lowest BCUT2D eigenvalue weighted by atomic mass is 10.1. The van der Waals surface area contributed by atoms with E-state index in [4.69, 9.17) is 0 Å². The van der Waals surface area contributed by atoms with E-state index in [0.29, 0.717) is 11.1 Å². The van der Waals surface area contributed by atoms with Crippen LogP contribution in [0.5, 0.6) is 0 Å². The summed E-state index contributed by atoms with van der Waals surface area (Å²) in [5.74, 6) is -1.75. The van der Waals surface area contributed by atoms with E-state index in [9.17, 15) is 13.6 Å². The van der Waals surface area contributed by atoms with E-state index in [1.807, 2.05) is 0 Å². The lowest BCUT2D eigenvalue weighted by molar-refractivity contribution is -0.145. The lowest BCUT2D eigenvalue weighted by Crippen LogP contribution is -2.16. The molecule has 1 aliphatic carbocycles. The van der Waals surface area contributed by atoms with E-state index in [0.717, 1.165) is 12.1 Å². The van der Waals surface area contributed by atoms with E-state index in [1.54, 1.807) is 0 Å². The summed E-state index contributed by atoms with van der Waals surface area (Å²) in [5.41, 5.74) is 0.621. The number of esters is 1. The topological polar surface area (TPSA) is 26.3 Å². The summed E-state index contributed by atoms with van der Waals surface area (Å²) in [6, 6.07) is 2.18. The molecule has 0 atom stereocenters. The fraction of sp³-hybridized carbons (Fsp3) is 0.364. The van der Waals surface area contributed by atoms with Gasteiger partial charge in [-0.15, -0.1) is 0 Å². The van der Waals surface area contributed by atoms with Gasteiger partial charge in [-0.05, 0) is 36.1 Å². The number of hydrogen-bond donors (Lipinski definition) is 0. The Hall–Kier alpha value is -1.45. The summed E-state index contributed by atoms with van der Waals surface area (Å²) < 4.78 is 31.1. The van der Waals surface area contributed by atoms with Crippen molar-refractivity contribution in [2.45, 2.75) is 12.8 Å². The Morgan fingerprint density at radius 1 is 1.27 bits per heavy atom. The molecule has 0 amide bonds. The maximum atomic E-state index is 13.3. The van der Waals surface area contributed by atoms with Gasteiger partial charge in [-0.2, -0.15) is 0 Å². The third-order valence-corrected chi connectivity index (χ3v) is 2.75. The second-order valence-electron chi connectivity index (χ2n) is 3.61. The summed E-state index contributed by atoms with van der Waals surface area (Å²) in [4.78, 5) is 11.2. The first kappa shape index (κ1) is 10.1. The molecule has 4 heteroatoms. The van der Waals surface area contributed by atoms with Gasteiger partial charge in [-0.25, -0.2) is 8.78 Å². The molecule has 2 nitrogen and oxygen atoms in total. The summed E-state index contributed by atoms with van der Waals surface area (Å²) in [6.07, 6.45) is 0.456. The molecule has 15 heavy (non-hydrogen) atoms. The van der Waals surface area contributed by atoms with Crippen molar-refractivity contribution in [3.63, 3.8) is 0 Å². The summed E-state index contributed by atoms with van der Waals surface area (Å²) in [6.45, 7) is 0. The molecule has 0 aromatic heterocycles. The first-order chi connectivity index (χ1) is 7.13. The number of halogens is 2. The van der Waals surface area contributed by atoms with Gasteiger partial charge < -0.3 is 4.74 Å². The Bertz CT molecular complexity index is 384. The summed E-state index contributed by atoms with van der Waals surface area (Å²) in [5, 5.41) is 0. The Balaban J connectivity index is 2.34. The van der Waals surface area contributed by atoms with Gasteiger partial charge in [-0.3, -0.25) is 4.79 Å². The van der Waals surface area contributed by atoms with Gasteiger partial charge in [0.05, 0.1) is 13.0 Å². The summed E-state index contributed by atoms with van der Waals surface area (Å²) >= 11 is 0. The minimum absolute atomic E-state index is 0.228. The van der Waals surface area contributed by atoms with Crippen molar-refractivity contribution in [2.75, 3.05) is 7.11 Å². The predicted octanol–water partition coefficient (Wildman–Crippen LogP) is 1.85. The second kappa shape index (κ2) is 3.61. The molecule has 0 heterocycles. The fourth-order valence-electron chi connectivity index (χ4n) is 1.98. The number of rotatable bonds is 1. The standard InChI is InChI=1S/C11H10F2O2/c1-15-11(14)6-4-7-8(5-6)10(13)3-2-9(7)12/h2-3,6H,4-5H2,1H3. The molecular weight excluding hydrogens is 202 g/mol. The highest BCUT2D eigenvalue weighted by molar-refractivity contribution is 5.74. The maximum absolute atomic E-state index is 13.3. The van der Waals surface area contributed by atoms with E-state index < -0.39 is 23.5 Å². The quantitative estimate of drug-likeness (QED) is 0.664. The van der Waals surface area contributed by atoms with Crippen LogP contribution in [0.2, 0.25) is 0 Å². The molecule has 0 fully saturated rings. The molecule has 0 saturated carbocycles. The van der Waals surface area contributed by atoms with E-state index in [-0.39, 0.29) is 12.8 Å². The van der Waals surface area contributed by atoms with Crippen LogP contribution in [-0.4, -0.2) is 13.1 Å². The molecule has 1 aromatic carbocycles. The molecule has 0 unspecified atom stereocenters. The van der Waals surface area contributed by atoms with Crippen LogP contribution in [0, 0.1) is 17.6 Å². The number of ether oxygens (including phenoxy) is 1. The maximum Gasteiger partial charge on any atom is 0.309 e. The first-order valence-electron chi connectivity index (χ1n) is 4.67. The van der Waals surface area contributed by atoms with E-state index in [2.05, 4.69) is 4.74 Å². The largest absolute Gasteiger partial charge is 0.469 e. The van der Waals surface area contributed by atoms with Crippen LogP contribution in [-0.2, 0) is 22.4 Å². The zero-order valence-corrected chi connectivity index (χ0v) is 8.22. The van der Waals surface area contributed by atoms with Crippen molar-refractivity contribution >= 4 is 5.97 Å². The normalized spacial score (nSPS) is 15.1. The Morgan fingerprint density at radius 3 is 2.13 bits per heavy atom. The highest BCUT2D eigenvalue weighted by Gasteiger charge is 2.32. The van der Waals surface area contributed by atoms with Gasteiger partial charge in [0.1, 0.15) is 11.6 Å². The molecule has 0 bridgehead atoms. The van der Waals surface area contributed by atoms with Crippen molar-refractivity contribution < 1.29 is 18.3 Å². The molecule has 2 rings (SSSR count). The average Bonchev–Trinajstić information content (AvgIpc) is 2.68. The Labute approximate surface area is 85.9 Å². The predicted molar refractivity (Wildman–Crippen MR) is 49.3 cm³/mol. The third kappa shape index (κ3) is 1.60. The SMILES string of the molecule is COC(=O)C1Cc2c(F)ccc(F)c2C1.